The first-order valence-corrected chi connectivity index (χ1v) is 5.87. The first-order valence-electron chi connectivity index (χ1n) is 5.87. The summed E-state index contributed by atoms with van der Waals surface area (Å²) in [6.07, 6.45) is 2.59. The average Bonchev–Trinajstić information content (AvgIpc) is 2.65. The number of nitrogens with zero attached hydrogens (tertiary/aromatic N) is 2. The zero-order valence-electron chi connectivity index (χ0n) is 10.3. The van der Waals surface area contributed by atoms with Gasteiger partial charge in [-0.1, -0.05) is 6.07 Å². The molecule has 2 rings (SSSR count). The number of pyridine rings is 1. The Balaban J connectivity index is 1.98. The minimum Gasteiger partial charge on any atom is -0.481 e. The molecule has 4 nitrogen and oxygen atoms in total. The molecular weight excluding hydrogens is 216 g/mol. The van der Waals surface area contributed by atoms with Crippen molar-refractivity contribution in [2.75, 3.05) is 13.1 Å². The lowest BCUT2D eigenvalue weighted by Gasteiger charge is -2.19. The van der Waals surface area contributed by atoms with Gasteiger partial charge in [-0.15, -0.1) is 0 Å². The van der Waals surface area contributed by atoms with E-state index in [0.29, 0.717) is 6.54 Å². The SMILES string of the molecule is Cc1ccc(CN2CCC(C)(C(=O)O)C2)cn1. The van der Waals surface area contributed by atoms with Crippen molar-refractivity contribution in [3.63, 3.8) is 0 Å². The molecule has 1 fully saturated rings. The highest BCUT2D eigenvalue weighted by Crippen LogP contribution is 2.30. The second-order valence-corrected chi connectivity index (χ2v) is 5.13. The predicted molar refractivity (Wildman–Crippen MR) is 64.6 cm³/mol. The minimum atomic E-state index is -0.693. The number of aliphatic carboxylic acids is 1. The summed E-state index contributed by atoms with van der Waals surface area (Å²) in [7, 11) is 0. The van der Waals surface area contributed by atoms with Gasteiger partial charge in [-0.05, 0) is 38.4 Å². The van der Waals surface area contributed by atoms with E-state index in [2.05, 4.69) is 16.0 Å². The van der Waals surface area contributed by atoms with E-state index in [9.17, 15) is 4.79 Å². The summed E-state index contributed by atoms with van der Waals surface area (Å²) in [5, 5.41) is 9.15. The fraction of sp³-hybridized carbons (Fsp3) is 0.538. The van der Waals surface area contributed by atoms with Gasteiger partial charge in [0.2, 0.25) is 0 Å². The van der Waals surface area contributed by atoms with Crippen molar-refractivity contribution in [3.8, 4) is 0 Å². The van der Waals surface area contributed by atoms with Crippen LogP contribution in [0.3, 0.4) is 0 Å². The van der Waals surface area contributed by atoms with E-state index in [0.717, 1.165) is 30.8 Å². The Morgan fingerprint density at radius 1 is 1.59 bits per heavy atom. The van der Waals surface area contributed by atoms with Gasteiger partial charge in [-0.3, -0.25) is 14.7 Å². The molecule has 0 saturated carbocycles. The molecule has 1 aliphatic rings. The standard InChI is InChI=1S/C13H18N2O2/c1-10-3-4-11(7-14-10)8-15-6-5-13(2,9-15)12(16)17/h3-4,7H,5-6,8-9H2,1-2H3,(H,16,17). The van der Waals surface area contributed by atoms with E-state index in [-0.39, 0.29) is 0 Å². The van der Waals surface area contributed by atoms with Gasteiger partial charge in [0.1, 0.15) is 0 Å². The summed E-state index contributed by atoms with van der Waals surface area (Å²) in [4.78, 5) is 17.6. The fourth-order valence-corrected chi connectivity index (χ4v) is 2.22. The van der Waals surface area contributed by atoms with Crippen molar-refractivity contribution >= 4 is 5.97 Å². The molecule has 0 aliphatic carbocycles. The molecule has 0 radical (unpaired) electrons. The van der Waals surface area contributed by atoms with Crippen molar-refractivity contribution in [3.05, 3.63) is 29.6 Å². The molecular formula is C13H18N2O2. The second-order valence-electron chi connectivity index (χ2n) is 5.13. The van der Waals surface area contributed by atoms with Crippen LogP contribution in [-0.2, 0) is 11.3 Å². The largest absolute Gasteiger partial charge is 0.481 e. The molecule has 0 amide bonds. The van der Waals surface area contributed by atoms with Crippen molar-refractivity contribution in [1.82, 2.24) is 9.88 Å². The molecule has 92 valence electrons. The molecule has 1 aromatic heterocycles. The van der Waals surface area contributed by atoms with Gasteiger partial charge in [-0.2, -0.15) is 0 Å². The topological polar surface area (TPSA) is 53.4 Å². The molecule has 0 aromatic carbocycles. The predicted octanol–water partition coefficient (Wildman–Crippen LogP) is 1.69. The molecule has 1 atom stereocenters. The summed E-state index contributed by atoms with van der Waals surface area (Å²) < 4.78 is 0. The van der Waals surface area contributed by atoms with Crippen molar-refractivity contribution < 1.29 is 9.90 Å². The van der Waals surface area contributed by atoms with Crippen molar-refractivity contribution in [1.29, 1.82) is 0 Å². The Kier molecular flexibility index (Phi) is 3.15. The number of hydrogen-bond acceptors (Lipinski definition) is 3. The monoisotopic (exact) mass is 234 g/mol. The van der Waals surface area contributed by atoms with Crippen LogP contribution in [0.5, 0.6) is 0 Å². The number of carbonyl (C=O) groups is 1. The Bertz CT molecular complexity index is 416. The maximum absolute atomic E-state index is 11.1. The lowest BCUT2D eigenvalue weighted by Crippen LogP contribution is -2.31. The molecule has 0 bridgehead atoms. The summed E-state index contributed by atoms with van der Waals surface area (Å²) in [6, 6.07) is 4.04. The highest BCUT2D eigenvalue weighted by atomic mass is 16.4. The Hall–Kier alpha value is -1.42. The van der Waals surface area contributed by atoms with Gasteiger partial charge in [0.25, 0.3) is 0 Å². The third kappa shape index (κ3) is 2.64. The molecule has 1 aliphatic heterocycles. The smallest absolute Gasteiger partial charge is 0.310 e. The maximum Gasteiger partial charge on any atom is 0.310 e. The van der Waals surface area contributed by atoms with Gasteiger partial charge in [0.05, 0.1) is 5.41 Å². The molecule has 1 aromatic rings. The lowest BCUT2D eigenvalue weighted by molar-refractivity contribution is -0.147. The van der Waals surface area contributed by atoms with Gasteiger partial charge >= 0.3 is 5.97 Å². The van der Waals surface area contributed by atoms with E-state index in [4.69, 9.17) is 5.11 Å². The molecule has 4 heteroatoms. The van der Waals surface area contributed by atoms with Crippen LogP contribution in [0.4, 0.5) is 0 Å². The highest BCUT2D eigenvalue weighted by Gasteiger charge is 2.40. The van der Waals surface area contributed by atoms with Crippen molar-refractivity contribution in [2.45, 2.75) is 26.8 Å². The molecule has 1 saturated heterocycles. The number of aryl methyl sites for hydroxylation is 1. The number of hydrogen-bond donors (Lipinski definition) is 1. The Labute approximate surface area is 101 Å². The zero-order chi connectivity index (χ0) is 12.5. The normalized spacial score (nSPS) is 25.1. The van der Waals surface area contributed by atoms with Crippen LogP contribution in [0.25, 0.3) is 0 Å². The molecule has 0 spiro atoms. The third-order valence-corrected chi connectivity index (χ3v) is 3.45. The number of likely N-dealkylation sites (tertiary alicyclic amines) is 1. The Morgan fingerprint density at radius 3 is 2.88 bits per heavy atom. The van der Waals surface area contributed by atoms with E-state index in [1.807, 2.05) is 26.1 Å². The number of carboxylic acid groups (broad SMARTS) is 1. The quantitative estimate of drug-likeness (QED) is 0.864. The highest BCUT2D eigenvalue weighted by molar-refractivity contribution is 5.74. The Morgan fingerprint density at radius 2 is 2.35 bits per heavy atom. The number of aromatic nitrogens is 1. The van der Waals surface area contributed by atoms with E-state index in [1.165, 1.54) is 0 Å². The first-order chi connectivity index (χ1) is 7.99. The van der Waals surface area contributed by atoms with Gasteiger partial charge in [0, 0.05) is 25.0 Å². The van der Waals surface area contributed by atoms with Crippen molar-refractivity contribution in [2.24, 2.45) is 5.41 Å². The number of rotatable bonds is 3. The van der Waals surface area contributed by atoms with E-state index in [1.54, 1.807) is 0 Å². The first kappa shape index (κ1) is 12.0. The molecule has 1 N–H and O–H groups in total. The maximum atomic E-state index is 11.1. The lowest BCUT2D eigenvalue weighted by atomic mass is 9.90. The number of carboxylic acids is 1. The summed E-state index contributed by atoms with van der Waals surface area (Å²) >= 11 is 0. The molecule has 1 unspecified atom stereocenters. The van der Waals surface area contributed by atoms with Crippen LogP contribution in [0.1, 0.15) is 24.6 Å². The minimum absolute atomic E-state index is 0.585. The van der Waals surface area contributed by atoms with Gasteiger partial charge < -0.3 is 5.11 Å². The summed E-state index contributed by atoms with van der Waals surface area (Å²) in [5.74, 6) is -0.693. The third-order valence-electron chi connectivity index (χ3n) is 3.45. The van der Waals surface area contributed by atoms with Crippen LogP contribution in [0, 0.1) is 12.3 Å². The molecule has 2 heterocycles. The molecule has 17 heavy (non-hydrogen) atoms. The van der Waals surface area contributed by atoms with Crippen LogP contribution in [0.15, 0.2) is 18.3 Å². The van der Waals surface area contributed by atoms with Gasteiger partial charge in [-0.25, -0.2) is 0 Å². The van der Waals surface area contributed by atoms with Crippen LogP contribution < -0.4 is 0 Å². The zero-order valence-corrected chi connectivity index (χ0v) is 10.3. The fourth-order valence-electron chi connectivity index (χ4n) is 2.22. The van der Waals surface area contributed by atoms with E-state index < -0.39 is 11.4 Å². The van der Waals surface area contributed by atoms with E-state index >= 15 is 0 Å². The van der Waals surface area contributed by atoms with Gasteiger partial charge in [0.15, 0.2) is 0 Å². The van der Waals surface area contributed by atoms with Crippen LogP contribution >= 0.6 is 0 Å². The second kappa shape index (κ2) is 4.45. The summed E-state index contributed by atoms with van der Waals surface area (Å²) in [5.41, 5.74) is 1.56. The average molecular weight is 234 g/mol. The van der Waals surface area contributed by atoms with Crippen LogP contribution in [-0.4, -0.2) is 34.0 Å². The van der Waals surface area contributed by atoms with Crippen LogP contribution in [0.2, 0.25) is 0 Å². The summed E-state index contributed by atoms with van der Waals surface area (Å²) in [6.45, 7) is 6.03.